The number of hydrogen-bond acceptors (Lipinski definition) is 4. The van der Waals surface area contributed by atoms with Gasteiger partial charge in [-0.25, -0.2) is 0 Å². The van der Waals surface area contributed by atoms with Crippen LogP contribution >= 0.6 is 11.3 Å². The molecule has 3 nitrogen and oxygen atoms in total. The summed E-state index contributed by atoms with van der Waals surface area (Å²) in [6, 6.07) is 6.10. The number of rotatable bonds is 2. The van der Waals surface area contributed by atoms with E-state index in [2.05, 4.69) is 6.07 Å². The molecule has 4 heteroatoms. The Morgan fingerprint density at radius 2 is 2.35 bits per heavy atom. The number of carbonyl (C=O) groups excluding carboxylic acids is 1. The van der Waals surface area contributed by atoms with Gasteiger partial charge in [0.2, 0.25) is 0 Å². The molecule has 1 saturated carbocycles. The van der Waals surface area contributed by atoms with Gasteiger partial charge in [0.1, 0.15) is 11.0 Å². The first-order valence-electron chi connectivity index (χ1n) is 5.57. The van der Waals surface area contributed by atoms with E-state index in [0.717, 1.165) is 4.88 Å². The topological polar surface area (TPSA) is 50.1 Å². The maximum atomic E-state index is 11.9. The summed E-state index contributed by atoms with van der Waals surface area (Å²) in [5.74, 6) is -0.558. The van der Waals surface area contributed by atoms with Crippen LogP contribution in [0.15, 0.2) is 17.5 Å². The van der Waals surface area contributed by atoms with Crippen LogP contribution in [0, 0.1) is 17.2 Å². The summed E-state index contributed by atoms with van der Waals surface area (Å²) in [5.41, 5.74) is -1.12. The molecule has 1 fully saturated rings. The van der Waals surface area contributed by atoms with E-state index in [0.29, 0.717) is 6.42 Å². The van der Waals surface area contributed by atoms with E-state index in [4.69, 9.17) is 4.74 Å². The van der Waals surface area contributed by atoms with Gasteiger partial charge >= 0.3 is 5.97 Å². The zero-order chi connectivity index (χ0) is 12.7. The average molecular weight is 249 g/mol. The van der Waals surface area contributed by atoms with Crippen molar-refractivity contribution in [3.8, 4) is 6.07 Å². The first-order valence-corrected chi connectivity index (χ1v) is 6.45. The van der Waals surface area contributed by atoms with Crippen molar-refractivity contribution in [3.05, 3.63) is 22.4 Å². The van der Waals surface area contributed by atoms with Crippen molar-refractivity contribution in [3.63, 3.8) is 0 Å². The molecule has 0 spiro atoms. The fraction of sp³-hybridized carbons (Fsp3) is 0.538. The number of carbonyl (C=O) groups is 1. The van der Waals surface area contributed by atoms with Crippen molar-refractivity contribution in [2.75, 3.05) is 0 Å². The molecule has 0 amide bonds. The van der Waals surface area contributed by atoms with E-state index in [9.17, 15) is 10.1 Å². The average Bonchev–Trinajstić information content (AvgIpc) is 2.72. The maximum absolute atomic E-state index is 11.9. The summed E-state index contributed by atoms with van der Waals surface area (Å²) in [6.07, 6.45) is 0.582. The Balaban J connectivity index is 2.13. The summed E-state index contributed by atoms with van der Waals surface area (Å²) >= 11 is 1.53. The Labute approximate surface area is 105 Å². The highest BCUT2D eigenvalue weighted by Crippen LogP contribution is 2.56. The van der Waals surface area contributed by atoms with Crippen molar-refractivity contribution in [1.29, 1.82) is 5.26 Å². The Bertz CT molecular complexity index is 467. The number of nitrogens with zero attached hydrogens (tertiary/aromatic N) is 1. The molecule has 1 aromatic heterocycles. The van der Waals surface area contributed by atoms with Gasteiger partial charge in [0.25, 0.3) is 0 Å². The van der Waals surface area contributed by atoms with Crippen LogP contribution in [0.5, 0.6) is 0 Å². The third-order valence-electron chi connectivity index (χ3n) is 2.81. The van der Waals surface area contributed by atoms with Gasteiger partial charge in [-0.05, 0) is 38.6 Å². The van der Waals surface area contributed by atoms with E-state index < -0.39 is 11.0 Å². The minimum absolute atomic E-state index is 0.257. The normalized spacial score (nSPS) is 27.3. The molecule has 90 valence electrons. The molecule has 1 heterocycles. The SMILES string of the molecule is CC(C)(C)OC(=O)[C@H]1C[C@]1(C#N)c1cccs1. The second-order valence-corrected chi connectivity index (χ2v) is 6.30. The minimum atomic E-state index is -0.628. The first kappa shape index (κ1) is 12.1. The van der Waals surface area contributed by atoms with Crippen molar-refractivity contribution in [1.82, 2.24) is 0 Å². The molecule has 1 aliphatic rings. The van der Waals surface area contributed by atoms with Gasteiger partial charge in [-0.2, -0.15) is 5.26 Å². The largest absolute Gasteiger partial charge is 0.460 e. The fourth-order valence-corrected chi connectivity index (χ4v) is 2.85. The molecular weight excluding hydrogens is 234 g/mol. The number of thiophene rings is 1. The van der Waals surface area contributed by atoms with E-state index >= 15 is 0 Å². The molecule has 0 radical (unpaired) electrons. The summed E-state index contributed by atoms with van der Waals surface area (Å²) in [7, 11) is 0. The molecule has 0 N–H and O–H groups in total. The minimum Gasteiger partial charge on any atom is -0.460 e. The van der Waals surface area contributed by atoms with Gasteiger partial charge in [0.05, 0.1) is 12.0 Å². The van der Waals surface area contributed by atoms with E-state index in [1.54, 1.807) is 0 Å². The lowest BCUT2D eigenvalue weighted by molar-refractivity contribution is -0.156. The molecule has 0 unspecified atom stereocenters. The monoisotopic (exact) mass is 249 g/mol. The fourth-order valence-electron chi connectivity index (χ4n) is 1.90. The van der Waals surface area contributed by atoms with E-state index in [1.165, 1.54) is 11.3 Å². The third kappa shape index (κ3) is 2.20. The standard InChI is InChI=1S/C13H15NO2S/c1-12(2,3)16-11(15)9-7-13(9,8-14)10-5-4-6-17-10/h4-6,9H,7H2,1-3H3/t9-,13-/m1/s1. The van der Waals surface area contributed by atoms with Crippen molar-refractivity contribution < 1.29 is 9.53 Å². The summed E-state index contributed by atoms with van der Waals surface area (Å²) in [5, 5.41) is 11.2. The zero-order valence-corrected chi connectivity index (χ0v) is 11.0. The van der Waals surface area contributed by atoms with Crippen molar-refractivity contribution in [2.45, 2.75) is 38.2 Å². The van der Waals surface area contributed by atoms with Gasteiger partial charge < -0.3 is 4.74 Å². The summed E-state index contributed by atoms with van der Waals surface area (Å²) in [4.78, 5) is 12.9. The molecule has 0 aromatic carbocycles. The second kappa shape index (κ2) is 3.85. The molecule has 1 aromatic rings. The quantitative estimate of drug-likeness (QED) is 0.757. The molecular formula is C13H15NO2S. The Hall–Kier alpha value is -1.34. The summed E-state index contributed by atoms with van der Waals surface area (Å²) < 4.78 is 5.33. The lowest BCUT2D eigenvalue weighted by Gasteiger charge is -2.20. The second-order valence-electron chi connectivity index (χ2n) is 5.35. The molecule has 0 saturated heterocycles. The Kier molecular flexibility index (Phi) is 2.75. The molecule has 1 aliphatic carbocycles. The zero-order valence-electron chi connectivity index (χ0n) is 10.2. The summed E-state index contributed by atoms with van der Waals surface area (Å²) in [6.45, 7) is 5.52. The number of hydrogen-bond donors (Lipinski definition) is 0. The number of ether oxygens (including phenoxy) is 1. The van der Waals surface area contributed by atoms with E-state index in [-0.39, 0.29) is 11.9 Å². The highest BCUT2D eigenvalue weighted by atomic mass is 32.1. The van der Waals surface area contributed by atoms with Crippen LogP contribution in [0.3, 0.4) is 0 Å². The lowest BCUT2D eigenvalue weighted by Crippen LogP contribution is -2.26. The highest BCUT2D eigenvalue weighted by molar-refractivity contribution is 7.10. The molecule has 0 bridgehead atoms. The number of nitriles is 1. The third-order valence-corrected chi connectivity index (χ3v) is 3.86. The van der Waals surface area contributed by atoms with Crippen LogP contribution in [-0.2, 0) is 14.9 Å². The predicted octanol–water partition coefficient (Wildman–Crippen LogP) is 2.87. The van der Waals surface area contributed by atoms with Gasteiger partial charge in [0.15, 0.2) is 0 Å². The van der Waals surface area contributed by atoms with Crippen LogP contribution in [0.1, 0.15) is 32.1 Å². The molecule has 2 atom stereocenters. The molecule has 17 heavy (non-hydrogen) atoms. The first-order chi connectivity index (χ1) is 7.89. The van der Waals surface area contributed by atoms with Gasteiger partial charge in [-0.1, -0.05) is 6.07 Å². The van der Waals surface area contributed by atoms with Gasteiger partial charge in [-0.15, -0.1) is 11.3 Å². The van der Waals surface area contributed by atoms with Gasteiger partial charge in [-0.3, -0.25) is 4.79 Å². The van der Waals surface area contributed by atoms with Crippen LogP contribution in [-0.4, -0.2) is 11.6 Å². The predicted molar refractivity (Wildman–Crippen MR) is 65.6 cm³/mol. The van der Waals surface area contributed by atoms with Crippen LogP contribution < -0.4 is 0 Å². The maximum Gasteiger partial charge on any atom is 0.311 e. The molecule has 2 rings (SSSR count). The Morgan fingerprint density at radius 3 is 2.82 bits per heavy atom. The smallest absolute Gasteiger partial charge is 0.311 e. The van der Waals surface area contributed by atoms with Crippen LogP contribution in [0.2, 0.25) is 0 Å². The lowest BCUT2D eigenvalue weighted by atomic mass is 10.0. The molecule has 0 aliphatic heterocycles. The Morgan fingerprint density at radius 1 is 1.65 bits per heavy atom. The number of esters is 1. The van der Waals surface area contributed by atoms with Crippen LogP contribution in [0.25, 0.3) is 0 Å². The van der Waals surface area contributed by atoms with E-state index in [1.807, 2.05) is 38.3 Å². The highest BCUT2D eigenvalue weighted by Gasteiger charge is 2.62. The van der Waals surface area contributed by atoms with Crippen molar-refractivity contribution >= 4 is 17.3 Å². The van der Waals surface area contributed by atoms with Crippen LogP contribution in [0.4, 0.5) is 0 Å². The van der Waals surface area contributed by atoms with Gasteiger partial charge in [0, 0.05) is 4.88 Å². The van der Waals surface area contributed by atoms with Crippen molar-refractivity contribution in [2.24, 2.45) is 5.92 Å².